The number of hydrogen-bond acceptors (Lipinski definition) is 5. The molecule has 0 amide bonds. The molecule has 4 rings (SSSR count). The van der Waals surface area contributed by atoms with Gasteiger partial charge in [-0.15, -0.1) is 0 Å². The van der Waals surface area contributed by atoms with E-state index in [1.165, 1.54) is 0 Å². The SMILES string of the molecule is C[C@]12CC[C@@H]3c4cc(C#N)c(OS(N)(=O)=O)cc4CC[C@H]3[C@@H]1CCC2=O. The van der Waals surface area contributed by atoms with E-state index < -0.39 is 10.3 Å². The average molecular weight is 374 g/mol. The highest BCUT2D eigenvalue weighted by atomic mass is 32.2. The van der Waals surface area contributed by atoms with Gasteiger partial charge < -0.3 is 4.18 Å². The normalized spacial score (nSPS) is 33.0. The fourth-order valence-corrected chi connectivity index (χ4v) is 6.04. The Bertz CT molecular complexity index is 934. The first-order valence-electron chi connectivity index (χ1n) is 9.05. The number of hydrogen-bond donors (Lipinski definition) is 1. The van der Waals surface area contributed by atoms with Crippen molar-refractivity contribution < 1.29 is 17.4 Å². The van der Waals surface area contributed by atoms with Gasteiger partial charge in [-0.25, -0.2) is 0 Å². The monoisotopic (exact) mass is 374 g/mol. The Labute approximate surface area is 153 Å². The van der Waals surface area contributed by atoms with Crippen LogP contribution >= 0.6 is 0 Å². The third kappa shape index (κ3) is 2.63. The Morgan fingerprint density at radius 3 is 2.73 bits per heavy atom. The number of Topliss-reactive ketones (excluding diaryl/α,β-unsaturated/α-hetero) is 1. The summed E-state index contributed by atoms with van der Waals surface area (Å²) in [6.07, 6.45) is 5.23. The molecule has 0 saturated heterocycles. The largest absolute Gasteiger partial charge is 0.380 e. The number of carbonyl (C=O) groups excluding carboxylic acids is 1. The van der Waals surface area contributed by atoms with Crippen LogP contribution in [0.3, 0.4) is 0 Å². The molecule has 138 valence electrons. The molecule has 0 unspecified atom stereocenters. The van der Waals surface area contributed by atoms with Gasteiger partial charge in [-0.2, -0.15) is 18.8 Å². The number of nitriles is 1. The van der Waals surface area contributed by atoms with Crippen molar-refractivity contribution in [2.75, 3.05) is 0 Å². The third-order valence-electron chi connectivity index (χ3n) is 6.86. The summed E-state index contributed by atoms with van der Waals surface area (Å²) in [7, 11) is -4.17. The molecule has 0 heterocycles. The zero-order valence-corrected chi connectivity index (χ0v) is 15.5. The Morgan fingerprint density at radius 2 is 2.04 bits per heavy atom. The molecule has 0 radical (unpaired) electrons. The number of carbonyl (C=O) groups is 1. The second-order valence-corrected chi connectivity index (χ2v) is 9.22. The molecule has 4 atom stereocenters. The summed E-state index contributed by atoms with van der Waals surface area (Å²) in [6.45, 7) is 2.13. The van der Waals surface area contributed by atoms with Gasteiger partial charge in [0, 0.05) is 11.8 Å². The molecule has 6 nitrogen and oxygen atoms in total. The molecule has 2 N–H and O–H groups in total. The smallest absolute Gasteiger partial charge is 0.370 e. The Kier molecular flexibility index (Phi) is 3.90. The van der Waals surface area contributed by atoms with Gasteiger partial charge in [0.25, 0.3) is 0 Å². The number of ketones is 1. The molecule has 3 aliphatic carbocycles. The van der Waals surface area contributed by atoms with Gasteiger partial charge in [-0.1, -0.05) is 6.92 Å². The quantitative estimate of drug-likeness (QED) is 0.855. The minimum absolute atomic E-state index is 0.00360. The summed E-state index contributed by atoms with van der Waals surface area (Å²) < 4.78 is 27.3. The standard InChI is InChI=1S/C19H22N2O4S/c1-19-7-6-13-14(16(19)4-5-18(19)22)3-2-11-9-17(25-26(21,23)24)12(10-20)8-15(11)13/h8-9,13-14,16H,2-7H2,1H3,(H2,21,23,24)/t13-,14+,16-,19-/m0/s1. The van der Waals surface area contributed by atoms with Crippen LogP contribution in [0.4, 0.5) is 0 Å². The van der Waals surface area contributed by atoms with E-state index >= 15 is 0 Å². The van der Waals surface area contributed by atoms with Crippen molar-refractivity contribution in [2.45, 2.75) is 51.4 Å². The summed E-state index contributed by atoms with van der Waals surface area (Å²) in [5, 5.41) is 14.4. The first kappa shape index (κ1) is 17.5. The number of rotatable bonds is 2. The van der Waals surface area contributed by atoms with Crippen molar-refractivity contribution in [1.29, 1.82) is 5.26 Å². The molecule has 7 heteroatoms. The molecule has 1 aromatic carbocycles. The lowest BCUT2D eigenvalue weighted by Crippen LogP contribution is -2.42. The van der Waals surface area contributed by atoms with Gasteiger partial charge >= 0.3 is 10.3 Å². The lowest BCUT2D eigenvalue weighted by molar-refractivity contribution is -0.129. The lowest BCUT2D eigenvalue weighted by Gasteiger charge is -2.48. The van der Waals surface area contributed by atoms with Gasteiger partial charge in [-0.05, 0) is 73.1 Å². The van der Waals surface area contributed by atoms with Crippen LogP contribution in [0.25, 0.3) is 0 Å². The van der Waals surface area contributed by atoms with Crippen molar-refractivity contribution in [1.82, 2.24) is 0 Å². The molecular weight excluding hydrogens is 352 g/mol. The Morgan fingerprint density at radius 1 is 1.27 bits per heavy atom. The van der Waals surface area contributed by atoms with Crippen molar-refractivity contribution >= 4 is 16.1 Å². The number of benzene rings is 1. The molecule has 26 heavy (non-hydrogen) atoms. The second-order valence-electron chi connectivity index (χ2n) is 8.07. The lowest BCUT2D eigenvalue weighted by atomic mass is 9.55. The van der Waals surface area contributed by atoms with Crippen LogP contribution in [0.5, 0.6) is 5.75 Å². The van der Waals surface area contributed by atoms with E-state index in [-0.39, 0.29) is 16.7 Å². The average Bonchev–Trinajstić information content (AvgIpc) is 2.88. The predicted octanol–water partition coefficient (Wildman–Crippen LogP) is 2.57. The van der Waals surface area contributed by atoms with Gasteiger partial charge in [0.05, 0.1) is 5.56 Å². The molecule has 0 bridgehead atoms. The highest BCUT2D eigenvalue weighted by molar-refractivity contribution is 7.84. The van der Waals surface area contributed by atoms with Crippen molar-refractivity contribution in [3.05, 3.63) is 28.8 Å². The second kappa shape index (κ2) is 5.80. The summed E-state index contributed by atoms with van der Waals surface area (Å²) in [6, 6.07) is 5.45. The highest BCUT2D eigenvalue weighted by Gasteiger charge is 2.54. The van der Waals surface area contributed by atoms with Crippen molar-refractivity contribution in [3.63, 3.8) is 0 Å². The first-order valence-corrected chi connectivity index (χ1v) is 10.5. The van der Waals surface area contributed by atoms with Crippen LogP contribution in [0.15, 0.2) is 12.1 Å². The van der Waals surface area contributed by atoms with E-state index in [9.17, 15) is 18.5 Å². The molecule has 1 aromatic rings. The van der Waals surface area contributed by atoms with Crippen LogP contribution in [-0.4, -0.2) is 14.2 Å². The zero-order chi connectivity index (χ0) is 18.7. The maximum atomic E-state index is 12.4. The summed E-state index contributed by atoms with van der Waals surface area (Å²) in [5.74, 6) is 1.58. The maximum Gasteiger partial charge on any atom is 0.380 e. The minimum atomic E-state index is -4.17. The molecule has 3 aliphatic rings. The molecule has 0 aliphatic heterocycles. The van der Waals surface area contributed by atoms with E-state index in [4.69, 9.17) is 9.32 Å². The fourth-order valence-electron chi connectivity index (χ4n) is 5.65. The molecule has 2 saturated carbocycles. The van der Waals surface area contributed by atoms with Crippen molar-refractivity contribution in [2.24, 2.45) is 22.4 Å². The topological polar surface area (TPSA) is 110 Å². The van der Waals surface area contributed by atoms with Crippen LogP contribution in [0, 0.1) is 28.6 Å². The number of fused-ring (bicyclic) bond motifs is 5. The Balaban J connectivity index is 1.73. The van der Waals surface area contributed by atoms with Crippen LogP contribution in [-0.2, 0) is 21.5 Å². The van der Waals surface area contributed by atoms with E-state index in [1.807, 2.05) is 6.07 Å². The predicted molar refractivity (Wildman–Crippen MR) is 94.5 cm³/mol. The van der Waals surface area contributed by atoms with E-state index in [0.717, 1.165) is 43.2 Å². The van der Waals surface area contributed by atoms with Gasteiger partial charge in [0.1, 0.15) is 11.9 Å². The van der Waals surface area contributed by atoms with E-state index in [0.29, 0.717) is 30.0 Å². The van der Waals surface area contributed by atoms with Gasteiger partial charge in [0.15, 0.2) is 5.75 Å². The maximum absolute atomic E-state index is 12.4. The van der Waals surface area contributed by atoms with E-state index in [2.05, 4.69) is 6.92 Å². The zero-order valence-electron chi connectivity index (χ0n) is 14.7. The van der Waals surface area contributed by atoms with Crippen LogP contribution in [0.2, 0.25) is 0 Å². The summed E-state index contributed by atoms with van der Waals surface area (Å²) >= 11 is 0. The van der Waals surface area contributed by atoms with Gasteiger partial charge in [-0.3, -0.25) is 4.79 Å². The first-order chi connectivity index (χ1) is 12.2. The molecule has 2 fully saturated rings. The van der Waals surface area contributed by atoms with Crippen LogP contribution < -0.4 is 9.32 Å². The summed E-state index contributed by atoms with van der Waals surface area (Å²) in [5.41, 5.74) is 2.14. The van der Waals surface area contributed by atoms with Gasteiger partial charge in [0.2, 0.25) is 0 Å². The number of aryl methyl sites for hydroxylation is 1. The Hall–Kier alpha value is -1.91. The molecule has 0 aromatic heterocycles. The minimum Gasteiger partial charge on any atom is -0.370 e. The molecule has 0 spiro atoms. The third-order valence-corrected chi connectivity index (χ3v) is 7.27. The fraction of sp³-hybridized carbons (Fsp3) is 0.579. The number of nitrogens with two attached hydrogens (primary N) is 1. The van der Waals surface area contributed by atoms with Crippen LogP contribution in [0.1, 0.15) is 61.6 Å². The van der Waals surface area contributed by atoms with E-state index in [1.54, 1.807) is 12.1 Å². The number of nitrogens with zero attached hydrogens (tertiary/aromatic N) is 1. The van der Waals surface area contributed by atoms with Crippen molar-refractivity contribution in [3.8, 4) is 11.8 Å². The summed E-state index contributed by atoms with van der Waals surface area (Å²) in [4.78, 5) is 12.4. The molecular formula is C19H22N2O4S. The highest BCUT2D eigenvalue weighted by Crippen LogP contribution is 2.59.